The maximum Gasteiger partial charge on any atom is 0.303 e. The van der Waals surface area contributed by atoms with Gasteiger partial charge in [-0.1, -0.05) is 50.7 Å². The van der Waals surface area contributed by atoms with E-state index in [2.05, 4.69) is 6.08 Å². The van der Waals surface area contributed by atoms with E-state index in [1.807, 2.05) is 6.08 Å². The lowest BCUT2D eigenvalue weighted by Crippen LogP contribution is -1.93. The van der Waals surface area contributed by atoms with Gasteiger partial charge in [-0.05, 0) is 25.7 Å². The van der Waals surface area contributed by atoms with Crippen LogP contribution in [0.3, 0.4) is 0 Å². The molecular weight excluding hydrogens is 256 g/mol. The van der Waals surface area contributed by atoms with Crippen LogP contribution in [0.5, 0.6) is 0 Å². The summed E-state index contributed by atoms with van der Waals surface area (Å²) in [4.78, 5) is 20.6. The first-order valence-corrected chi connectivity index (χ1v) is 7.71. The Kier molecular flexibility index (Phi) is 13.2. The molecule has 0 fully saturated rings. The van der Waals surface area contributed by atoms with Gasteiger partial charge in [-0.25, -0.2) is 0 Å². The monoisotopic (exact) mass is 284 g/mol. The fraction of sp³-hybridized carbons (Fsp3) is 0.750. The number of allylic oxidation sites excluding steroid dienone is 2. The minimum Gasteiger partial charge on any atom is -0.481 e. The van der Waals surface area contributed by atoms with Crippen LogP contribution in [-0.2, 0) is 9.59 Å². The zero-order valence-corrected chi connectivity index (χ0v) is 12.4. The second kappa shape index (κ2) is 14.1. The Labute approximate surface area is 121 Å². The van der Waals surface area contributed by atoms with E-state index < -0.39 is 11.9 Å². The number of hydrogen-bond donors (Lipinski definition) is 2. The van der Waals surface area contributed by atoms with Crippen LogP contribution in [0, 0.1) is 0 Å². The number of rotatable bonds is 14. The molecule has 0 bridgehead atoms. The van der Waals surface area contributed by atoms with Gasteiger partial charge < -0.3 is 10.2 Å². The van der Waals surface area contributed by atoms with Crippen molar-refractivity contribution in [2.45, 2.75) is 77.0 Å². The zero-order valence-electron chi connectivity index (χ0n) is 12.4. The normalized spacial score (nSPS) is 11.0. The number of carbonyl (C=O) groups is 2. The number of carboxylic acid groups (broad SMARTS) is 2. The van der Waals surface area contributed by atoms with Gasteiger partial charge in [-0.3, -0.25) is 9.59 Å². The molecule has 0 aliphatic rings. The SMILES string of the molecule is O=C(O)CC/C=C/CCCCCCCCCCC(=O)O. The molecule has 0 aromatic carbocycles. The molecule has 0 rings (SSSR count). The standard InChI is InChI=1S/C16H28O4/c17-15(18)13-11-9-7-5-3-1-2-4-6-8-10-12-14-16(19)20/h7,9H,1-6,8,10-14H2,(H,17,18)(H,19,20)/b9-7+. The molecule has 0 aromatic rings. The van der Waals surface area contributed by atoms with Crippen molar-refractivity contribution in [3.05, 3.63) is 12.2 Å². The Hall–Kier alpha value is -1.32. The first-order chi connectivity index (χ1) is 9.63. The maximum absolute atomic E-state index is 10.3. The molecular formula is C16H28O4. The lowest BCUT2D eigenvalue weighted by Gasteiger charge is -2.00. The van der Waals surface area contributed by atoms with Crippen LogP contribution >= 0.6 is 0 Å². The van der Waals surface area contributed by atoms with Crippen molar-refractivity contribution in [1.29, 1.82) is 0 Å². The van der Waals surface area contributed by atoms with Crippen LogP contribution in [0.15, 0.2) is 12.2 Å². The molecule has 0 unspecified atom stereocenters. The summed E-state index contributed by atoms with van der Waals surface area (Å²) in [5.74, 6) is -1.43. The molecule has 0 heterocycles. The van der Waals surface area contributed by atoms with E-state index in [4.69, 9.17) is 10.2 Å². The summed E-state index contributed by atoms with van der Waals surface area (Å²) in [7, 11) is 0. The van der Waals surface area contributed by atoms with Crippen LogP contribution in [0.4, 0.5) is 0 Å². The Morgan fingerprint density at radius 1 is 0.600 bits per heavy atom. The van der Waals surface area contributed by atoms with Gasteiger partial charge in [-0.2, -0.15) is 0 Å². The van der Waals surface area contributed by atoms with Crippen molar-refractivity contribution in [2.75, 3.05) is 0 Å². The number of unbranched alkanes of at least 4 members (excludes halogenated alkanes) is 8. The first kappa shape index (κ1) is 18.7. The van der Waals surface area contributed by atoms with E-state index >= 15 is 0 Å². The van der Waals surface area contributed by atoms with E-state index in [9.17, 15) is 9.59 Å². The largest absolute Gasteiger partial charge is 0.481 e. The number of carboxylic acids is 2. The van der Waals surface area contributed by atoms with Gasteiger partial charge in [-0.15, -0.1) is 0 Å². The van der Waals surface area contributed by atoms with Gasteiger partial charge in [0.15, 0.2) is 0 Å². The van der Waals surface area contributed by atoms with E-state index in [0.717, 1.165) is 25.7 Å². The van der Waals surface area contributed by atoms with Gasteiger partial charge in [0, 0.05) is 12.8 Å². The molecule has 20 heavy (non-hydrogen) atoms. The second-order valence-electron chi connectivity index (χ2n) is 5.16. The topological polar surface area (TPSA) is 74.6 Å². The van der Waals surface area contributed by atoms with E-state index in [-0.39, 0.29) is 6.42 Å². The Balaban J connectivity index is 3.09. The lowest BCUT2D eigenvalue weighted by atomic mass is 10.1. The van der Waals surface area contributed by atoms with Crippen molar-refractivity contribution in [2.24, 2.45) is 0 Å². The predicted molar refractivity (Wildman–Crippen MR) is 79.8 cm³/mol. The van der Waals surface area contributed by atoms with Gasteiger partial charge in [0.05, 0.1) is 0 Å². The van der Waals surface area contributed by atoms with Gasteiger partial charge in [0.25, 0.3) is 0 Å². The van der Waals surface area contributed by atoms with E-state index in [0.29, 0.717) is 12.8 Å². The molecule has 4 heteroatoms. The van der Waals surface area contributed by atoms with Crippen LogP contribution in [0.2, 0.25) is 0 Å². The summed E-state index contributed by atoms with van der Waals surface area (Å²) in [5.41, 5.74) is 0. The minimum absolute atomic E-state index is 0.221. The average Bonchev–Trinajstić information content (AvgIpc) is 2.38. The first-order valence-electron chi connectivity index (χ1n) is 7.71. The molecule has 0 saturated heterocycles. The van der Waals surface area contributed by atoms with Crippen molar-refractivity contribution in [3.63, 3.8) is 0 Å². The summed E-state index contributed by atoms with van der Waals surface area (Å²) < 4.78 is 0. The van der Waals surface area contributed by atoms with Crippen LogP contribution in [-0.4, -0.2) is 22.2 Å². The van der Waals surface area contributed by atoms with Crippen molar-refractivity contribution < 1.29 is 19.8 Å². The molecule has 116 valence electrons. The zero-order chi connectivity index (χ0) is 15.1. The summed E-state index contributed by atoms with van der Waals surface area (Å²) >= 11 is 0. The third-order valence-corrected chi connectivity index (χ3v) is 3.20. The molecule has 0 aliphatic carbocycles. The molecule has 0 aliphatic heterocycles. The minimum atomic E-state index is -0.738. The summed E-state index contributed by atoms with van der Waals surface area (Å²) in [6.07, 6.45) is 15.3. The molecule has 4 nitrogen and oxygen atoms in total. The van der Waals surface area contributed by atoms with Crippen molar-refractivity contribution in [1.82, 2.24) is 0 Å². The third kappa shape index (κ3) is 16.7. The van der Waals surface area contributed by atoms with Crippen molar-refractivity contribution in [3.8, 4) is 0 Å². The molecule has 0 aromatic heterocycles. The molecule has 0 amide bonds. The number of hydrogen-bond acceptors (Lipinski definition) is 2. The summed E-state index contributed by atoms with van der Waals surface area (Å²) in [5, 5.41) is 16.9. The van der Waals surface area contributed by atoms with E-state index in [1.54, 1.807) is 0 Å². The van der Waals surface area contributed by atoms with Crippen LogP contribution < -0.4 is 0 Å². The second-order valence-corrected chi connectivity index (χ2v) is 5.16. The van der Waals surface area contributed by atoms with Crippen molar-refractivity contribution >= 4 is 11.9 Å². The summed E-state index contributed by atoms with van der Waals surface area (Å²) in [6.45, 7) is 0. The van der Waals surface area contributed by atoms with Gasteiger partial charge in [0.1, 0.15) is 0 Å². The lowest BCUT2D eigenvalue weighted by molar-refractivity contribution is -0.138. The summed E-state index contributed by atoms with van der Waals surface area (Å²) in [6, 6.07) is 0. The average molecular weight is 284 g/mol. The number of aliphatic carboxylic acids is 2. The molecule has 0 atom stereocenters. The smallest absolute Gasteiger partial charge is 0.303 e. The fourth-order valence-electron chi connectivity index (χ4n) is 2.04. The predicted octanol–water partition coefficient (Wildman–Crippen LogP) is 4.39. The third-order valence-electron chi connectivity index (χ3n) is 3.20. The maximum atomic E-state index is 10.3. The van der Waals surface area contributed by atoms with Gasteiger partial charge >= 0.3 is 11.9 Å². The van der Waals surface area contributed by atoms with Gasteiger partial charge in [0.2, 0.25) is 0 Å². The quantitative estimate of drug-likeness (QED) is 0.366. The highest BCUT2D eigenvalue weighted by molar-refractivity contribution is 5.66. The highest BCUT2D eigenvalue weighted by Gasteiger charge is 1.96. The molecule has 0 radical (unpaired) electrons. The molecule has 2 N–H and O–H groups in total. The Morgan fingerprint density at radius 2 is 1.05 bits per heavy atom. The van der Waals surface area contributed by atoms with Crippen LogP contribution in [0.1, 0.15) is 77.0 Å². The fourth-order valence-corrected chi connectivity index (χ4v) is 2.04. The van der Waals surface area contributed by atoms with E-state index in [1.165, 1.54) is 32.1 Å². The molecule has 0 spiro atoms. The Morgan fingerprint density at radius 3 is 1.60 bits per heavy atom. The van der Waals surface area contributed by atoms with Crippen LogP contribution in [0.25, 0.3) is 0 Å². The highest BCUT2D eigenvalue weighted by atomic mass is 16.4. The Bertz CT molecular complexity index is 284. The highest BCUT2D eigenvalue weighted by Crippen LogP contribution is 2.10. The molecule has 0 saturated carbocycles.